The Bertz CT molecular complexity index is 1220. The van der Waals surface area contributed by atoms with E-state index in [4.69, 9.17) is 9.84 Å². The van der Waals surface area contributed by atoms with Crippen molar-refractivity contribution in [1.82, 2.24) is 9.80 Å². The summed E-state index contributed by atoms with van der Waals surface area (Å²) in [6.45, 7) is 1.92. The van der Waals surface area contributed by atoms with Gasteiger partial charge in [-0.1, -0.05) is 30.3 Å². The molecule has 0 saturated carbocycles. The highest BCUT2D eigenvalue weighted by Gasteiger charge is 2.27. The van der Waals surface area contributed by atoms with Crippen LogP contribution in [0.3, 0.4) is 0 Å². The zero-order chi connectivity index (χ0) is 26.9. The van der Waals surface area contributed by atoms with Gasteiger partial charge in [0.1, 0.15) is 11.5 Å². The Hall–Kier alpha value is -4.21. The molecule has 0 radical (unpaired) electrons. The summed E-state index contributed by atoms with van der Waals surface area (Å²) in [4.78, 5) is 39.2. The molecule has 1 heterocycles. The second kappa shape index (κ2) is 12.8. The van der Waals surface area contributed by atoms with Crippen LogP contribution in [0.1, 0.15) is 28.8 Å². The molecule has 0 bridgehead atoms. The van der Waals surface area contributed by atoms with Gasteiger partial charge in [-0.25, -0.2) is 4.79 Å². The maximum Gasteiger partial charge on any atom is 0.335 e. The SMILES string of the molecule is O=C(O)CN(Cc1ccc(C(=O)O)cc1)C1CCN(CC(=O)Nc2ccc(Oc3ccccc3)cc2)CC1. The number of hydrogen-bond donors (Lipinski definition) is 3. The number of benzene rings is 3. The maximum absolute atomic E-state index is 12.6. The molecular formula is C29H31N3O6. The minimum absolute atomic E-state index is 0.0571. The molecule has 198 valence electrons. The average molecular weight is 518 g/mol. The third-order valence-electron chi connectivity index (χ3n) is 6.48. The Morgan fingerprint density at radius 1 is 0.868 bits per heavy atom. The van der Waals surface area contributed by atoms with Crippen LogP contribution in [0, 0.1) is 0 Å². The van der Waals surface area contributed by atoms with Crippen molar-refractivity contribution < 1.29 is 29.3 Å². The van der Waals surface area contributed by atoms with Gasteiger partial charge in [0.05, 0.1) is 18.7 Å². The lowest BCUT2D eigenvalue weighted by Gasteiger charge is -2.37. The van der Waals surface area contributed by atoms with Gasteiger partial charge in [0.2, 0.25) is 5.91 Å². The van der Waals surface area contributed by atoms with E-state index in [-0.39, 0.29) is 30.6 Å². The first kappa shape index (κ1) is 26.8. The van der Waals surface area contributed by atoms with Crippen LogP contribution >= 0.6 is 0 Å². The zero-order valence-corrected chi connectivity index (χ0v) is 21.0. The first-order valence-electron chi connectivity index (χ1n) is 12.5. The molecule has 3 N–H and O–H groups in total. The molecule has 4 rings (SSSR count). The molecule has 0 unspecified atom stereocenters. The molecule has 0 atom stereocenters. The van der Waals surface area contributed by atoms with Crippen molar-refractivity contribution in [2.75, 3.05) is 31.5 Å². The Balaban J connectivity index is 1.25. The molecule has 0 aromatic heterocycles. The number of nitrogens with one attached hydrogen (secondary N) is 1. The van der Waals surface area contributed by atoms with Gasteiger partial charge >= 0.3 is 11.9 Å². The van der Waals surface area contributed by atoms with Crippen LogP contribution in [0.4, 0.5) is 5.69 Å². The van der Waals surface area contributed by atoms with Crippen LogP contribution in [0.5, 0.6) is 11.5 Å². The number of ether oxygens (including phenoxy) is 1. The highest BCUT2D eigenvalue weighted by molar-refractivity contribution is 5.92. The lowest BCUT2D eigenvalue weighted by atomic mass is 10.0. The van der Waals surface area contributed by atoms with Crippen molar-refractivity contribution in [1.29, 1.82) is 0 Å². The highest BCUT2D eigenvalue weighted by atomic mass is 16.5. The van der Waals surface area contributed by atoms with Gasteiger partial charge in [-0.15, -0.1) is 0 Å². The summed E-state index contributed by atoms with van der Waals surface area (Å²) < 4.78 is 5.78. The second-order valence-electron chi connectivity index (χ2n) is 9.30. The molecule has 9 heteroatoms. The Morgan fingerprint density at radius 3 is 2.11 bits per heavy atom. The number of likely N-dealkylation sites (tertiary alicyclic amines) is 1. The first-order chi connectivity index (χ1) is 18.4. The van der Waals surface area contributed by atoms with E-state index in [1.54, 1.807) is 36.4 Å². The third kappa shape index (κ3) is 7.89. The maximum atomic E-state index is 12.6. The fourth-order valence-electron chi connectivity index (χ4n) is 4.55. The Labute approximate surface area is 221 Å². The summed E-state index contributed by atoms with van der Waals surface area (Å²) in [6, 6.07) is 23.2. The fourth-order valence-corrected chi connectivity index (χ4v) is 4.55. The van der Waals surface area contributed by atoms with E-state index in [0.717, 1.165) is 24.2 Å². The molecule has 0 aliphatic carbocycles. The first-order valence-corrected chi connectivity index (χ1v) is 12.5. The standard InChI is InChI=1S/C29H31N3O6/c33-27(30-23-10-12-26(13-11-23)38-25-4-2-1-3-5-25)19-31-16-14-24(15-17-31)32(20-28(34)35)18-21-6-8-22(9-7-21)29(36)37/h1-13,24H,14-20H2,(H,30,33)(H,34,35)(H,36,37). The van der Waals surface area contributed by atoms with Gasteiger partial charge in [0, 0.05) is 31.4 Å². The predicted octanol–water partition coefficient (Wildman–Crippen LogP) is 4.17. The van der Waals surface area contributed by atoms with E-state index < -0.39 is 11.9 Å². The molecule has 3 aromatic carbocycles. The second-order valence-corrected chi connectivity index (χ2v) is 9.30. The van der Waals surface area contributed by atoms with Crippen LogP contribution in [0.15, 0.2) is 78.9 Å². The summed E-state index contributed by atoms with van der Waals surface area (Å²) in [5.41, 5.74) is 1.74. The molecule has 1 aliphatic heterocycles. The molecular weight excluding hydrogens is 486 g/mol. The number of amides is 1. The number of anilines is 1. The molecule has 9 nitrogen and oxygen atoms in total. The topological polar surface area (TPSA) is 119 Å². The van der Waals surface area contributed by atoms with E-state index in [1.807, 2.05) is 35.2 Å². The quantitative estimate of drug-likeness (QED) is 0.347. The summed E-state index contributed by atoms with van der Waals surface area (Å²) >= 11 is 0. The molecule has 0 spiro atoms. The normalized spacial score (nSPS) is 14.2. The van der Waals surface area contributed by atoms with Crippen LogP contribution in [-0.4, -0.2) is 70.1 Å². The monoisotopic (exact) mass is 517 g/mol. The third-order valence-corrected chi connectivity index (χ3v) is 6.48. The van der Waals surface area contributed by atoms with Crippen molar-refractivity contribution in [3.63, 3.8) is 0 Å². The molecule has 1 aliphatic rings. The number of nitrogens with zero attached hydrogens (tertiary/aromatic N) is 2. The van der Waals surface area contributed by atoms with Crippen LogP contribution < -0.4 is 10.1 Å². The van der Waals surface area contributed by atoms with Gasteiger partial charge in [0.15, 0.2) is 0 Å². The number of carbonyl (C=O) groups excluding carboxylic acids is 1. The Morgan fingerprint density at radius 2 is 1.50 bits per heavy atom. The smallest absolute Gasteiger partial charge is 0.335 e. The van der Waals surface area contributed by atoms with E-state index in [0.29, 0.717) is 31.1 Å². The number of para-hydroxylation sites is 1. The van der Waals surface area contributed by atoms with Crippen LogP contribution in [0.2, 0.25) is 0 Å². The fraction of sp³-hybridized carbons (Fsp3) is 0.276. The zero-order valence-electron chi connectivity index (χ0n) is 21.0. The molecule has 3 aromatic rings. The predicted molar refractivity (Wildman–Crippen MR) is 142 cm³/mol. The number of aromatic carboxylic acids is 1. The molecule has 1 fully saturated rings. The van der Waals surface area contributed by atoms with Crippen molar-refractivity contribution in [3.8, 4) is 11.5 Å². The van der Waals surface area contributed by atoms with Crippen molar-refractivity contribution >= 4 is 23.5 Å². The minimum atomic E-state index is -0.996. The summed E-state index contributed by atoms with van der Waals surface area (Å²) in [6.07, 6.45) is 1.47. The average Bonchev–Trinajstić information content (AvgIpc) is 2.90. The number of piperidine rings is 1. The van der Waals surface area contributed by atoms with Crippen molar-refractivity contribution in [3.05, 3.63) is 90.0 Å². The number of aliphatic carboxylic acids is 1. The van der Waals surface area contributed by atoms with E-state index in [9.17, 15) is 19.5 Å². The number of hydrogen-bond acceptors (Lipinski definition) is 6. The number of carbonyl (C=O) groups is 3. The molecule has 1 amide bonds. The summed E-state index contributed by atoms with van der Waals surface area (Å²) in [5, 5.41) is 21.4. The number of carboxylic acids is 2. The van der Waals surface area contributed by atoms with Gasteiger partial charge in [-0.3, -0.25) is 19.4 Å². The van der Waals surface area contributed by atoms with Gasteiger partial charge < -0.3 is 20.3 Å². The summed E-state index contributed by atoms with van der Waals surface area (Å²) in [7, 11) is 0. The highest BCUT2D eigenvalue weighted by Crippen LogP contribution is 2.23. The van der Waals surface area contributed by atoms with Gasteiger partial charge in [-0.2, -0.15) is 0 Å². The van der Waals surface area contributed by atoms with Crippen LogP contribution in [-0.2, 0) is 16.1 Å². The number of carboxylic acid groups (broad SMARTS) is 2. The summed E-state index contributed by atoms with van der Waals surface area (Å²) in [5.74, 6) is -0.592. The van der Waals surface area contributed by atoms with Crippen molar-refractivity contribution in [2.24, 2.45) is 0 Å². The van der Waals surface area contributed by atoms with Gasteiger partial charge in [-0.05, 0) is 66.9 Å². The van der Waals surface area contributed by atoms with Crippen LogP contribution in [0.25, 0.3) is 0 Å². The number of rotatable bonds is 11. The van der Waals surface area contributed by atoms with E-state index >= 15 is 0 Å². The van der Waals surface area contributed by atoms with E-state index in [2.05, 4.69) is 10.2 Å². The lowest BCUT2D eigenvalue weighted by molar-refractivity contribution is -0.139. The minimum Gasteiger partial charge on any atom is -0.480 e. The largest absolute Gasteiger partial charge is 0.480 e. The lowest BCUT2D eigenvalue weighted by Crippen LogP contribution is -2.47. The molecule has 38 heavy (non-hydrogen) atoms. The van der Waals surface area contributed by atoms with E-state index in [1.165, 1.54) is 12.1 Å². The Kier molecular flexibility index (Phi) is 9.07. The van der Waals surface area contributed by atoms with Crippen molar-refractivity contribution in [2.45, 2.75) is 25.4 Å². The van der Waals surface area contributed by atoms with Gasteiger partial charge in [0.25, 0.3) is 0 Å². The molecule has 1 saturated heterocycles.